The summed E-state index contributed by atoms with van der Waals surface area (Å²) < 4.78 is 22.4. The highest BCUT2D eigenvalue weighted by Crippen LogP contribution is 2.36. The summed E-state index contributed by atoms with van der Waals surface area (Å²) in [6.45, 7) is 3.09. The molecule has 2 aliphatic rings. The van der Waals surface area contributed by atoms with E-state index in [1.807, 2.05) is 36.4 Å². The molecule has 0 aromatic heterocycles. The Morgan fingerprint density at radius 2 is 1.62 bits per heavy atom. The maximum Gasteiger partial charge on any atom is 0.253 e. The molecular formula is C38H53N3O7. The summed E-state index contributed by atoms with van der Waals surface area (Å²) >= 11 is 0. The number of nitrogens with one attached hydrogen (secondary N) is 2. The molecule has 1 saturated heterocycles. The van der Waals surface area contributed by atoms with E-state index in [2.05, 4.69) is 27.7 Å². The molecule has 3 aromatic rings. The molecule has 0 amide bonds. The molecule has 48 heavy (non-hydrogen) atoms. The first-order chi connectivity index (χ1) is 23.4. The van der Waals surface area contributed by atoms with Gasteiger partial charge in [0, 0.05) is 45.3 Å². The number of benzene rings is 2. The summed E-state index contributed by atoms with van der Waals surface area (Å²) in [6, 6.07) is 15.5. The summed E-state index contributed by atoms with van der Waals surface area (Å²) in [4.78, 5) is 28.4. The Bertz CT molecular complexity index is 1460. The van der Waals surface area contributed by atoms with Crippen molar-refractivity contribution in [2.45, 2.75) is 76.2 Å². The average molecular weight is 664 g/mol. The van der Waals surface area contributed by atoms with Crippen LogP contribution >= 0.6 is 0 Å². The number of hydrogen-bond donors (Lipinski definition) is 3. The fourth-order valence-electron chi connectivity index (χ4n) is 7.44. The van der Waals surface area contributed by atoms with E-state index in [4.69, 9.17) is 18.9 Å². The van der Waals surface area contributed by atoms with Crippen molar-refractivity contribution in [2.75, 3.05) is 64.4 Å². The summed E-state index contributed by atoms with van der Waals surface area (Å²) in [6.07, 6.45) is 7.46. The van der Waals surface area contributed by atoms with E-state index < -0.39 is 17.0 Å². The zero-order valence-corrected chi connectivity index (χ0v) is 28.7. The second-order valence-corrected chi connectivity index (χ2v) is 13.3. The van der Waals surface area contributed by atoms with Gasteiger partial charge in [-0.3, -0.25) is 9.59 Å². The van der Waals surface area contributed by atoms with Crippen LogP contribution in [0, 0.1) is 11.8 Å². The molecule has 2 fully saturated rings. The van der Waals surface area contributed by atoms with Gasteiger partial charge in [0.25, 0.3) is 10.9 Å². The van der Waals surface area contributed by atoms with Crippen LogP contribution in [0.15, 0.2) is 58.1 Å². The number of ether oxygens (including phenoxy) is 4. The highest BCUT2D eigenvalue weighted by molar-refractivity contribution is 5.75. The lowest BCUT2D eigenvalue weighted by Crippen LogP contribution is -2.50. The van der Waals surface area contributed by atoms with Crippen LogP contribution in [0.5, 0.6) is 11.5 Å². The molecule has 10 nitrogen and oxygen atoms in total. The average Bonchev–Trinajstić information content (AvgIpc) is 3.13. The maximum atomic E-state index is 13.2. The summed E-state index contributed by atoms with van der Waals surface area (Å²) in [7, 11) is 4.90. The third-order valence-electron chi connectivity index (χ3n) is 10.0. The number of anilines is 2. The van der Waals surface area contributed by atoms with Gasteiger partial charge in [-0.15, -0.1) is 0 Å². The summed E-state index contributed by atoms with van der Waals surface area (Å²) in [5.74, 6) is 2.00. The van der Waals surface area contributed by atoms with Crippen LogP contribution in [0.2, 0.25) is 0 Å². The minimum Gasteiger partial charge on any atom is -0.497 e. The van der Waals surface area contributed by atoms with Gasteiger partial charge in [0.05, 0.1) is 45.7 Å². The van der Waals surface area contributed by atoms with Gasteiger partial charge in [0.15, 0.2) is 0 Å². The molecule has 1 aliphatic heterocycles. The monoisotopic (exact) mass is 663 g/mol. The summed E-state index contributed by atoms with van der Waals surface area (Å²) in [5, 5.41) is 18.3. The third kappa shape index (κ3) is 9.16. The smallest absolute Gasteiger partial charge is 0.253 e. The minimum atomic E-state index is -0.776. The van der Waals surface area contributed by atoms with Crippen LogP contribution < -0.4 is 35.9 Å². The Morgan fingerprint density at radius 3 is 2.31 bits per heavy atom. The Hall–Kier alpha value is -3.44. The van der Waals surface area contributed by atoms with Gasteiger partial charge in [-0.25, -0.2) is 0 Å². The molecule has 0 spiro atoms. The van der Waals surface area contributed by atoms with Gasteiger partial charge in [-0.05, 0) is 48.4 Å². The molecule has 3 aromatic carbocycles. The Balaban J connectivity index is 1.30. The fourth-order valence-corrected chi connectivity index (χ4v) is 7.44. The van der Waals surface area contributed by atoms with Gasteiger partial charge in [-0.1, -0.05) is 62.4 Å². The molecule has 4 atom stereocenters. The normalized spacial score (nSPS) is 19.2. The van der Waals surface area contributed by atoms with E-state index >= 15 is 0 Å². The number of piperidine rings is 1. The summed E-state index contributed by atoms with van der Waals surface area (Å²) in [5.41, 5.74) is 1.91. The predicted molar refractivity (Wildman–Crippen MR) is 189 cm³/mol. The van der Waals surface area contributed by atoms with Crippen molar-refractivity contribution in [3.63, 3.8) is 0 Å². The quantitative estimate of drug-likeness (QED) is 0.129. The molecule has 1 heterocycles. The van der Waals surface area contributed by atoms with Gasteiger partial charge >= 0.3 is 0 Å². The van der Waals surface area contributed by atoms with E-state index in [0.717, 1.165) is 43.2 Å². The van der Waals surface area contributed by atoms with Crippen molar-refractivity contribution in [3.05, 3.63) is 80.1 Å². The second kappa shape index (κ2) is 17.8. The van der Waals surface area contributed by atoms with Crippen LogP contribution in [-0.2, 0) is 16.0 Å². The van der Waals surface area contributed by atoms with Crippen LogP contribution in [0.1, 0.15) is 68.6 Å². The van der Waals surface area contributed by atoms with Crippen molar-refractivity contribution in [2.24, 2.45) is 11.8 Å². The van der Waals surface area contributed by atoms with Crippen molar-refractivity contribution >= 4 is 11.4 Å². The molecule has 3 N–H and O–H groups in total. The number of aliphatic hydroxyl groups excluding tert-OH is 1. The van der Waals surface area contributed by atoms with Crippen molar-refractivity contribution in [1.29, 1.82) is 0 Å². The molecule has 1 aliphatic carbocycles. The van der Waals surface area contributed by atoms with E-state index in [1.54, 1.807) is 21.3 Å². The van der Waals surface area contributed by atoms with Crippen molar-refractivity contribution in [1.82, 2.24) is 5.32 Å². The van der Waals surface area contributed by atoms with E-state index in [0.29, 0.717) is 68.2 Å². The Labute approximate surface area is 284 Å². The van der Waals surface area contributed by atoms with Crippen LogP contribution in [0.4, 0.5) is 11.4 Å². The van der Waals surface area contributed by atoms with Gasteiger partial charge in [0.1, 0.15) is 22.9 Å². The maximum absolute atomic E-state index is 13.2. The minimum absolute atomic E-state index is 0.137. The van der Waals surface area contributed by atoms with Gasteiger partial charge < -0.3 is 39.6 Å². The molecule has 0 radical (unpaired) electrons. The molecular weight excluding hydrogens is 610 g/mol. The Kier molecular flexibility index (Phi) is 13.3. The van der Waals surface area contributed by atoms with Crippen LogP contribution in [-0.4, -0.2) is 71.4 Å². The van der Waals surface area contributed by atoms with Crippen LogP contribution in [0.25, 0.3) is 0 Å². The third-order valence-corrected chi connectivity index (χ3v) is 10.0. The highest BCUT2D eigenvalue weighted by atomic mass is 16.5. The molecule has 10 heteroatoms. The second-order valence-electron chi connectivity index (χ2n) is 13.3. The van der Waals surface area contributed by atoms with Gasteiger partial charge in [0.2, 0.25) is 0 Å². The Morgan fingerprint density at radius 1 is 0.896 bits per heavy atom. The van der Waals surface area contributed by atoms with E-state index in [9.17, 15) is 14.7 Å². The number of rotatable bonds is 18. The lowest BCUT2D eigenvalue weighted by Gasteiger charge is -2.40. The van der Waals surface area contributed by atoms with Crippen molar-refractivity contribution in [3.8, 4) is 11.5 Å². The fraction of sp³-hybridized carbons (Fsp3) is 0.579. The lowest BCUT2D eigenvalue weighted by atomic mass is 9.83. The largest absolute Gasteiger partial charge is 0.497 e. The van der Waals surface area contributed by atoms with E-state index in [-0.39, 0.29) is 18.1 Å². The van der Waals surface area contributed by atoms with E-state index in [1.165, 1.54) is 19.3 Å². The molecule has 0 bridgehead atoms. The molecule has 1 saturated carbocycles. The zero-order chi connectivity index (χ0) is 33.9. The standard InChI is InChI=1S/C38H53N3O7/c1-45-17-18-48-38(28-13-8-5-9-14-28)29-15-10-16-41(25-29)35-34(36(43)37(35)44)40-32(21-26-11-6-4-7-12-26)33(42)24-39-23-27-19-30(46-2)22-31(20-27)47-3/h5,8-9,13-14,19-20,22,26,29,32-33,38-40,42H,4,6-7,10-12,15-18,21,23-25H2,1-3H3/t29-,32+,33+,38?/m1/s1. The first kappa shape index (κ1) is 35.9. The number of hydrogen-bond acceptors (Lipinski definition) is 10. The number of nitrogens with zero attached hydrogens (tertiary/aromatic N) is 1. The predicted octanol–water partition coefficient (Wildman–Crippen LogP) is 4.82. The first-order valence-electron chi connectivity index (χ1n) is 17.5. The number of aliphatic hydroxyl groups is 1. The van der Waals surface area contributed by atoms with Crippen molar-refractivity contribution < 1.29 is 24.1 Å². The number of methoxy groups -OCH3 is 3. The first-order valence-corrected chi connectivity index (χ1v) is 17.5. The van der Waals surface area contributed by atoms with Crippen LogP contribution in [0.3, 0.4) is 0 Å². The lowest BCUT2D eigenvalue weighted by molar-refractivity contribution is -0.0181. The SMILES string of the molecule is COCCOC(c1ccccc1)[C@@H]1CCCN(c2c(N[C@@H](CC3CCCCC3)[C@@H](O)CNCc3cc(OC)cc(OC)c3)c(=O)c2=O)C1. The molecule has 1 unspecified atom stereocenters. The topological polar surface area (TPSA) is 119 Å². The van der Waals surface area contributed by atoms with Gasteiger partial charge in [-0.2, -0.15) is 0 Å². The molecule has 5 rings (SSSR count). The highest BCUT2D eigenvalue weighted by Gasteiger charge is 2.35. The molecule has 262 valence electrons. The zero-order valence-electron chi connectivity index (χ0n) is 28.7.